The van der Waals surface area contributed by atoms with Crippen LogP contribution < -0.4 is 4.74 Å². The van der Waals surface area contributed by atoms with Crippen molar-refractivity contribution in [2.45, 2.75) is 33.1 Å². The number of ether oxygens (including phenoxy) is 1. The van der Waals surface area contributed by atoms with Gasteiger partial charge in [0, 0.05) is 11.1 Å². The van der Waals surface area contributed by atoms with Gasteiger partial charge < -0.3 is 9.72 Å². The fraction of sp³-hybridized carbons (Fsp3) is 0.467. The number of aromatic amines is 1. The zero-order chi connectivity index (χ0) is 12.0. The van der Waals surface area contributed by atoms with Crippen molar-refractivity contribution in [2.24, 2.45) is 5.41 Å². The van der Waals surface area contributed by atoms with Gasteiger partial charge in [-0.1, -0.05) is 26.0 Å². The minimum Gasteiger partial charge on any atom is -0.495 e. The second-order valence-electron chi connectivity index (χ2n) is 5.81. The van der Waals surface area contributed by atoms with Gasteiger partial charge in [-0.2, -0.15) is 0 Å². The molecular formula is C15H19NO. The first-order valence-electron chi connectivity index (χ1n) is 6.27. The molecule has 0 bridgehead atoms. The molecule has 2 nitrogen and oxygen atoms in total. The highest BCUT2D eigenvalue weighted by Gasteiger charge is 2.28. The lowest BCUT2D eigenvalue weighted by Crippen LogP contribution is -2.21. The Labute approximate surface area is 102 Å². The molecule has 1 N–H and O–H groups in total. The third-order valence-electron chi connectivity index (χ3n) is 3.92. The van der Waals surface area contributed by atoms with Crippen LogP contribution in [0.15, 0.2) is 18.2 Å². The van der Waals surface area contributed by atoms with Crippen LogP contribution in [0, 0.1) is 5.41 Å². The van der Waals surface area contributed by atoms with Crippen molar-refractivity contribution < 1.29 is 4.74 Å². The molecule has 3 rings (SSSR count). The Morgan fingerprint density at radius 2 is 2.12 bits per heavy atom. The molecule has 0 spiro atoms. The quantitative estimate of drug-likeness (QED) is 0.792. The van der Waals surface area contributed by atoms with Gasteiger partial charge in [0.15, 0.2) is 0 Å². The molecule has 1 aromatic carbocycles. The first-order valence-corrected chi connectivity index (χ1v) is 6.27. The molecule has 2 aromatic rings. The van der Waals surface area contributed by atoms with Gasteiger partial charge in [0.2, 0.25) is 0 Å². The van der Waals surface area contributed by atoms with Gasteiger partial charge in [-0.05, 0) is 36.3 Å². The number of methoxy groups -OCH3 is 1. The van der Waals surface area contributed by atoms with E-state index in [1.165, 1.54) is 23.1 Å². The van der Waals surface area contributed by atoms with E-state index in [0.717, 1.165) is 24.1 Å². The summed E-state index contributed by atoms with van der Waals surface area (Å²) in [5.74, 6) is 0.953. The molecule has 0 atom stereocenters. The minimum absolute atomic E-state index is 0.422. The van der Waals surface area contributed by atoms with Crippen molar-refractivity contribution >= 4 is 10.9 Å². The lowest BCUT2D eigenvalue weighted by molar-refractivity contribution is 0.315. The van der Waals surface area contributed by atoms with Crippen LogP contribution in [0.5, 0.6) is 5.75 Å². The number of hydrogen-bond donors (Lipinski definition) is 1. The van der Waals surface area contributed by atoms with Crippen LogP contribution in [0.4, 0.5) is 0 Å². The van der Waals surface area contributed by atoms with Crippen LogP contribution in [0.25, 0.3) is 10.9 Å². The second kappa shape index (κ2) is 3.52. The van der Waals surface area contributed by atoms with Crippen molar-refractivity contribution in [2.75, 3.05) is 7.11 Å². The molecule has 2 heteroatoms. The molecule has 17 heavy (non-hydrogen) atoms. The highest BCUT2D eigenvalue weighted by Crippen LogP contribution is 2.40. The van der Waals surface area contributed by atoms with Crippen LogP contribution in [0.3, 0.4) is 0 Å². The molecule has 0 fully saturated rings. The standard InChI is InChI=1S/C15H19NO/c1-15(2)8-7-12-11(9-15)10-5-4-6-13(17-3)14(10)16-12/h4-6,16H,7-9H2,1-3H3. The third-order valence-corrected chi connectivity index (χ3v) is 3.92. The smallest absolute Gasteiger partial charge is 0.142 e. The Morgan fingerprint density at radius 1 is 1.29 bits per heavy atom. The SMILES string of the molecule is COc1cccc2c3c([nH]c12)CCC(C)(C)C3. The average molecular weight is 229 g/mol. The summed E-state index contributed by atoms with van der Waals surface area (Å²) < 4.78 is 5.43. The van der Waals surface area contributed by atoms with E-state index < -0.39 is 0 Å². The maximum Gasteiger partial charge on any atom is 0.142 e. The summed E-state index contributed by atoms with van der Waals surface area (Å²) in [7, 11) is 1.73. The molecule has 0 radical (unpaired) electrons. The van der Waals surface area contributed by atoms with E-state index >= 15 is 0 Å². The minimum atomic E-state index is 0.422. The molecule has 0 aliphatic heterocycles. The van der Waals surface area contributed by atoms with Crippen LogP contribution >= 0.6 is 0 Å². The summed E-state index contributed by atoms with van der Waals surface area (Å²) in [5.41, 5.74) is 4.49. The van der Waals surface area contributed by atoms with Gasteiger partial charge in [0.1, 0.15) is 5.75 Å². The van der Waals surface area contributed by atoms with Crippen molar-refractivity contribution in [3.05, 3.63) is 29.5 Å². The van der Waals surface area contributed by atoms with E-state index in [9.17, 15) is 0 Å². The normalized spacial score (nSPS) is 18.1. The molecule has 1 aromatic heterocycles. The van der Waals surface area contributed by atoms with Crippen molar-refractivity contribution in [3.8, 4) is 5.75 Å². The van der Waals surface area contributed by atoms with Gasteiger partial charge in [-0.3, -0.25) is 0 Å². The topological polar surface area (TPSA) is 25.0 Å². The fourth-order valence-corrected chi connectivity index (χ4v) is 2.92. The molecule has 90 valence electrons. The number of aromatic nitrogens is 1. The predicted molar refractivity (Wildman–Crippen MR) is 70.7 cm³/mol. The molecule has 1 heterocycles. The number of fused-ring (bicyclic) bond motifs is 3. The van der Waals surface area contributed by atoms with Gasteiger partial charge in [-0.15, -0.1) is 0 Å². The van der Waals surface area contributed by atoms with E-state index in [-0.39, 0.29) is 0 Å². The maximum absolute atomic E-state index is 5.43. The first kappa shape index (κ1) is 10.7. The molecular weight excluding hydrogens is 210 g/mol. The number of H-pyrrole nitrogens is 1. The largest absolute Gasteiger partial charge is 0.495 e. The third kappa shape index (κ3) is 1.63. The Kier molecular flexibility index (Phi) is 2.22. The number of para-hydroxylation sites is 1. The van der Waals surface area contributed by atoms with Gasteiger partial charge >= 0.3 is 0 Å². The Morgan fingerprint density at radius 3 is 2.88 bits per heavy atom. The molecule has 0 saturated carbocycles. The van der Waals surface area contributed by atoms with Crippen molar-refractivity contribution in [3.63, 3.8) is 0 Å². The van der Waals surface area contributed by atoms with Crippen LogP contribution in [-0.2, 0) is 12.8 Å². The first-order chi connectivity index (χ1) is 8.11. The number of hydrogen-bond acceptors (Lipinski definition) is 1. The number of aryl methyl sites for hydroxylation is 1. The van der Waals surface area contributed by atoms with Crippen LogP contribution in [-0.4, -0.2) is 12.1 Å². The Bertz CT molecular complexity index is 566. The highest BCUT2D eigenvalue weighted by atomic mass is 16.5. The van der Waals surface area contributed by atoms with E-state index in [4.69, 9.17) is 4.74 Å². The van der Waals surface area contributed by atoms with Gasteiger partial charge in [0.05, 0.1) is 12.6 Å². The summed E-state index contributed by atoms with van der Waals surface area (Å²) in [5, 5.41) is 1.34. The lowest BCUT2D eigenvalue weighted by atomic mass is 9.76. The van der Waals surface area contributed by atoms with E-state index in [1.807, 2.05) is 6.07 Å². The fourth-order valence-electron chi connectivity index (χ4n) is 2.92. The summed E-state index contributed by atoms with van der Waals surface area (Å²) >= 11 is 0. The molecule has 0 amide bonds. The summed E-state index contributed by atoms with van der Waals surface area (Å²) in [6, 6.07) is 6.31. The zero-order valence-corrected chi connectivity index (χ0v) is 10.8. The molecule has 0 saturated heterocycles. The van der Waals surface area contributed by atoms with Gasteiger partial charge in [0.25, 0.3) is 0 Å². The molecule has 0 unspecified atom stereocenters. The lowest BCUT2D eigenvalue weighted by Gasteiger charge is -2.29. The highest BCUT2D eigenvalue weighted by molar-refractivity contribution is 5.89. The monoisotopic (exact) mass is 229 g/mol. The van der Waals surface area contributed by atoms with Crippen molar-refractivity contribution in [1.29, 1.82) is 0 Å². The number of rotatable bonds is 1. The maximum atomic E-state index is 5.43. The van der Waals surface area contributed by atoms with Gasteiger partial charge in [-0.25, -0.2) is 0 Å². The molecule has 1 aliphatic carbocycles. The average Bonchev–Trinajstić information content (AvgIpc) is 2.65. The number of nitrogens with one attached hydrogen (secondary N) is 1. The van der Waals surface area contributed by atoms with E-state index in [0.29, 0.717) is 5.41 Å². The summed E-state index contributed by atoms with van der Waals surface area (Å²) in [4.78, 5) is 3.55. The van der Waals surface area contributed by atoms with Crippen LogP contribution in [0.1, 0.15) is 31.5 Å². The van der Waals surface area contributed by atoms with E-state index in [1.54, 1.807) is 7.11 Å². The second-order valence-corrected chi connectivity index (χ2v) is 5.81. The Hall–Kier alpha value is -1.44. The van der Waals surface area contributed by atoms with E-state index in [2.05, 4.69) is 31.0 Å². The number of benzene rings is 1. The predicted octanol–water partition coefficient (Wildman–Crippen LogP) is 3.69. The van der Waals surface area contributed by atoms with Crippen molar-refractivity contribution in [1.82, 2.24) is 4.98 Å². The summed E-state index contributed by atoms with van der Waals surface area (Å²) in [6.07, 6.45) is 3.57. The molecule has 1 aliphatic rings. The Balaban J connectivity index is 2.23. The van der Waals surface area contributed by atoms with Crippen LogP contribution in [0.2, 0.25) is 0 Å². The summed E-state index contributed by atoms with van der Waals surface area (Å²) in [6.45, 7) is 4.71. The zero-order valence-electron chi connectivity index (χ0n) is 10.8.